The average Bonchev–Trinajstić information content (AvgIpc) is 2.76. The lowest BCUT2D eigenvalue weighted by molar-refractivity contribution is -0.139. The van der Waals surface area contributed by atoms with Crippen LogP contribution >= 0.6 is 23.2 Å². The summed E-state index contributed by atoms with van der Waals surface area (Å²) in [6.45, 7) is 6.63. The van der Waals surface area contributed by atoms with E-state index >= 15 is 0 Å². The van der Waals surface area contributed by atoms with Crippen LogP contribution in [0.5, 0.6) is 0 Å². The highest BCUT2D eigenvalue weighted by atomic mass is 35.5. The van der Waals surface area contributed by atoms with E-state index in [1.54, 1.807) is 56.3 Å². The van der Waals surface area contributed by atoms with Crippen LogP contribution in [0.15, 0.2) is 42.5 Å². The molecular weight excluding hydrogens is 497 g/mol. The van der Waals surface area contributed by atoms with Crippen LogP contribution in [0.25, 0.3) is 0 Å². The zero-order chi connectivity index (χ0) is 25.6. The summed E-state index contributed by atoms with van der Waals surface area (Å²) in [5, 5.41) is 3.57. The van der Waals surface area contributed by atoms with Crippen molar-refractivity contribution in [3.63, 3.8) is 0 Å². The quantitative estimate of drug-likeness (QED) is 0.495. The Kier molecular flexibility index (Phi) is 9.79. The number of amides is 2. The van der Waals surface area contributed by atoms with Crippen LogP contribution in [0.4, 0.5) is 5.69 Å². The zero-order valence-electron chi connectivity index (χ0n) is 20.0. The molecule has 1 N–H and O–H groups in total. The number of hydrogen-bond acceptors (Lipinski definition) is 4. The first kappa shape index (κ1) is 28.0. The van der Waals surface area contributed by atoms with Crippen molar-refractivity contribution in [3.8, 4) is 0 Å². The monoisotopic (exact) mass is 527 g/mol. The van der Waals surface area contributed by atoms with E-state index in [-0.39, 0.29) is 18.5 Å². The number of nitrogens with zero attached hydrogens (tertiary/aromatic N) is 2. The fourth-order valence-electron chi connectivity index (χ4n) is 3.34. The molecule has 2 atom stereocenters. The largest absolute Gasteiger partial charge is 0.352 e. The van der Waals surface area contributed by atoms with Gasteiger partial charge in [-0.15, -0.1) is 0 Å². The number of rotatable bonds is 10. The van der Waals surface area contributed by atoms with Gasteiger partial charge in [-0.2, -0.15) is 0 Å². The van der Waals surface area contributed by atoms with Gasteiger partial charge < -0.3 is 10.2 Å². The van der Waals surface area contributed by atoms with Crippen molar-refractivity contribution >= 4 is 50.7 Å². The van der Waals surface area contributed by atoms with Crippen LogP contribution in [0.3, 0.4) is 0 Å². The molecule has 0 fully saturated rings. The lowest BCUT2D eigenvalue weighted by Gasteiger charge is -2.32. The van der Waals surface area contributed by atoms with Crippen LogP contribution < -0.4 is 9.62 Å². The summed E-state index contributed by atoms with van der Waals surface area (Å²) >= 11 is 12.7. The van der Waals surface area contributed by atoms with Gasteiger partial charge in [-0.1, -0.05) is 54.4 Å². The lowest BCUT2D eigenvalue weighted by atomic mass is 10.1. The predicted octanol–water partition coefficient (Wildman–Crippen LogP) is 4.40. The Balaban J connectivity index is 2.46. The number of nitrogens with one attached hydrogen (secondary N) is 1. The normalized spacial score (nSPS) is 13.1. The van der Waals surface area contributed by atoms with E-state index in [4.69, 9.17) is 23.2 Å². The minimum atomic E-state index is -3.79. The lowest BCUT2D eigenvalue weighted by Crippen LogP contribution is -2.52. The van der Waals surface area contributed by atoms with Crippen molar-refractivity contribution in [1.82, 2.24) is 10.2 Å². The van der Waals surface area contributed by atoms with E-state index in [1.165, 1.54) is 4.90 Å². The topological polar surface area (TPSA) is 86.8 Å². The summed E-state index contributed by atoms with van der Waals surface area (Å²) in [7, 11) is -3.79. The van der Waals surface area contributed by atoms with Crippen LogP contribution in [0, 0.1) is 6.92 Å². The van der Waals surface area contributed by atoms with Gasteiger partial charge in [0.15, 0.2) is 0 Å². The maximum absolute atomic E-state index is 13.6. The molecular formula is C24H31Cl2N3O4S. The fraction of sp³-hybridized carbons (Fsp3) is 0.417. The molecule has 0 radical (unpaired) electrons. The number of anilines is 1. The molecule has 0 saturated carbocycles. The second-order valence-electron chi connectivity index (χ2n) is 8.27. The first-order valence-corrected chi connectivity index (χ1v) is 13.5. The van der Waals surface area contributed by atoms with Crippen LogP contribution in [-0.4, -0.2) is 50.0 Å². The van der Waals surface area contributed by atoms with Crippen molar-refractivity contribution < 1.29 is 18.0 Å². The number of benzene rings is 2. The first-order valence-electron chi connectivity index (χ1n) is 10.9. The van der Waals surface area contributed by atoms with Crippen molar-refractivity contribution in [2.45, 2.75) is 52.7 Å². The minimum Gasteiger partial charge on any atom is -0.352 e. The molecule has 0 aliphatic heterocycles. The summed E-state index contributed by atoms with van der Waals surface area (Å²) in [4.78, 5) is 27.8. The van der Waals surface area contributed by atoms with Crippen molar-refractivity contribution in [1.29, 1.82) is 0 Å². The van der Waals surface area contributed by atoms with Gasteiger partial charge >= 0.3 is 0 Å². The predicted molar refractivity (Wildman–Crippen MR) is 138 cm³/mol. The third-order valence-electron chi connectivity index (χ3n) is 5.62. The number of carbonyl (C=O) groups is 2. The molecule has 2 aromatic carbocycles. The SMILES string of the molecule is CC[C@H](C)NC(=O)[C@@H](C)N(Cc1c(Cl)cccc1Cl)C(=O)CN(c1ccccc1C)S(C)(=O)=O. The molecule has 186 valence electrons. The Labute approximate surface area is 212 Å². The maximum atomic E-state index is 13.6. The molecule has 0 spiro atoms. The molecule has 2 rings (SSSR count). The van der Waals surface area contributed by atoms with E-state index in [9.17, 15) is 18.0 Å². The zero-order valence-corrected chi connectivity index (χ0v) is 22.3. The Bertz CT molecular complexity index is 1120. The van der Waals surface area contributed by atoms with E-state index in [2.05, 4.69) is 5.32 Å². The maximum Gasteiger partial charge on any atom is 0.244 e. The number of carbonyl (C=O) groups excluding carboxylic acids is 2. The Morgan fingerprint density at radius 3 is 2.15 bits per heavy atom. The molecule has 2 amide bonds. The van der Waals surface area contributed by atoms with Crippen molar-refractivity contribution in [2.24, 2.45) is 0 Å². The van der Waals surface area contributed by atoms with Gasteiger partial charge in [-0.3, -0.25) is 13.9 Å². The molecule has 7 nitrogen and oxygen atoms in total. The third-order valence-corrected chi connectivity index (χ3v) is 7.46. The van der Waals surface area contributed by atoms with Crippen LogP contribution in [0.2, 0.25) is 10.0 Å². The Morgan fingerprint density at radius 2 is 1.62 bits per heavy atom. The molecule has 0 unspecified atom stereocenters. The molecule has 2 aromatic rings. The second-order valence-corrected chi connectivity index (χ2v) is 11.0. The number of aryl methyl sites for hydroxylation is 1. The van der Waals surface area contributed by atoms with Gasteiger partial charge in [0, 0.05) is 28.2 Å². The first-order chi connectivity index (χ1) is 15.9. The van der Waals surface area contributed by atoms with E-state index in [0.29, 0.717) is 26.9 Å². The van der Waals surface area contributed by atoms with E-state index < -0.39 is 28.5 Å². The van der Waals surface area contributed by atoms with Crippen molar-refractivity contribution in [2.75, 3.05) is 17.1 Å². The van der Waals surface area contributed by atoms with Crippen LogP contribution in [0.1, 0.15) is 38.3 Å². The van der Waals surface area contributed by atoms with Gasteiger partial charge in [-0.25, -0.2) is 8.42 Å². The van der Waals surface area contributed by atoms with Crippen molar-refractivity contribution in [3.05, 3.63) is 63.6 Å². The smallest absolute Gasteiger partial charge is 0.244 e. The summed E-state index contributed by atoms with van der Waals surface area (Å²) in [5.74, 6) is -0.913. The van der Waals surface area contributed by atoms with Gasteiger partial charge in [0.1, 0.15) is 12.6 Å². The minimum absolute atomic E-state index is 0.0577. The molecule has 0 saturated heterocycles. The summed E-state index contributed by atoms with van der Waals surface area (Å²) in [6.07, 6.45) is 1.76. The summed E-state index contributed by atoms with van der Waals surface area (Å²) in [6, 6.07) is 10.9. The van der Waals surface area contributed by atoms with Gasteiger partial charge in [0.2, 0.25) is 21.8 Å². The molecule has 0 heterocycles. The molecule has 34 heavy (non-hydrogen) atoms. The van der Waals surface area contributed by atoms with Gasteiger partial charge in [0.05, 0.1) is 11.9 Å². The summed E-state index contributed by atoms with van der Waals surface area (Å²) in [5.41, 5.74) is 1.57. The molecule has 0 bridgehead atoms. The van der Waals surface area contributed by atoms with Crippen LogP contribution in [-0.2, 0) is 26.2 Å². The second kappa shape index (κ2) is 11.9. The summed E-state index contributed by atoms with van der Waals surface area (Å²) < 4.78 is 26.3. The van der Waals surface area contributed by atoms with E-state index in [0.717, 1.165) is 17.0 Å². The average molecular weight is 529 g/mol. The fourth-order valence-corrected chi connectivity index (χ4v) is 4.76. The number of hydrogen-bond donors (Lipinski definition) is 1. The third kappa shape index (κ3) is 7.10. The van der Waals surface area contributed by atoms with Gasteiger partial charge in [-0.05, 0) is 51.0 Å². The molecule has 0 aliphatic carbocycles. The molecule has 0 aromatic heterocycles. The van der Waals surface area contributed by atoms with E-state index in [1.807, 2.05) is 13.8 Å². The Morgan fingerprint density at radius 1 is 1.03 bits per heavy atom. The Hall–Kier alpha value is -2.29. The molecule has 10 heteroatoms. The molecule has 0 aliphatic rings. The highest BCUT2D eigenvalue weighted by molar-refractivity contribution is 7.92. The van der Waals surface area contributed by atoms with Gasteiger partial charge in [0.25, 0.3) is 0 Å². The highest BCUT2D eigenvalue weighted by Crippen LogP contribution is 2.27. The number of halogens is 2. The number of para-hydroxylation sites is 1. The standard InChI is InChI=1S/C24H31Cl2N3O4S/c1-6-17(3)27-24(31)18(4)28(14-19-20(25)11-9-12-21(19)26)23(30)15-29(34(5,32)33)22-13-8-7-10-16(22)2/h7-13,17-18H,6,14-15H2,1-5H3,(H,27,31)/t17-,18+/m0/s1. The highest BCUT2D eigenvalue weighted by Gasteiger charge is 2.31. The number of sulfonamides is 1.